The maximum atomic E-state index is 11.5. The lowest BCUT2D eigenvalue weighted by Gasteiger charge is -2.10. The number of rotatable bonds is 9. The highest BCUT2D eigenvalue weighted by Crippen LogP contribution is 2.25. The molecule has 0 spiro atoms. The molecule has 0 bridgehead atoms. The summed E-state index contributed by atoms with van der Waals surface area (Å²) in [6, 6.07) is 7.17. The van der Waals surface area contributed by atoms with Gasteiger partial charge in [-0.3, -0.25) is 4.79 Å². The van der Waals surface area contributed by atoms with Gasteiger partial charge >= 0.3 is 0 Å². The van der Waals surface area contributed by atoms with Gasteiger partial charge in [-0.05, 0) is 12.1 Å². The lowest BCUT2D eigenvalue weighted by molar-refractivity contribution is -0.123. The first-order valence-corrected chi connectivity index (χ1v) is 6.08. The SMILES string of the molecule is COc1ccccc1OCC(=O)NCCOCCN. The summed E-state index contributed by atoms with van der Waals surface area (Å²) in [6.07, 6.45) is 0. The average Bonchev–Trinajstić information content (AvgIpc) is 2.45. The number of hydrogen-bond acceptors (Lipinski definition) is 5. The van der Waals surface area contributed by atoms with Crippen LogP contribution in [-0.2, 0) is 9.53 Å². The quantitative estimate of drug-likeness (QED) is 0.624. The zero-order chi connectivity index (χ0) is 13.9. The molecule has 0 aliphatic carbocycles. The first-order valence-electron chi connectivity index (χ1n) is 6.08. The number of nitrogens with one attached hydrogen (secondary N) is 1. The number of amides is 1. The summed E-state index contributed by atoms with van der Waals surface area (Å²) < 4.78 is 15.6. The van der Waals surface area contributed by atoms with Crippen LogP contribution in [0.4, 0.5) is 0 Å². The summed E-state index contributed by atoms with van der Waals surface area (Å²) in [4.78, 5) is 11.5. The number of para-hydroxylation sites is 2. The molecule has 0 saturated heterocycles. The van der Waals surface area contributed by atoms with Gasteiger partial charge in [-0.2, -0.15) is 0 Å². The molecule has 3 N–H and O–H groups in total. The van der Waals surface area contributed by atoms with E-state index in [-0.39, 0.29) is 12.5 Å². The van der Waals surface area contributed by atoms with Crippen molar-refractivity contribution in [2.24, 2.45) is 5.73 Å². The molecule has 0 fully saturated rings. The molecule has 0 atom stereocenters. The Labute approximate surface area is 112 Å². The van der Waals surface area contributed by atoms with E-state index < -0.39 is 0 Å². The Kier molecular flexibility index (Phi) is 7.38. The largest absolute Gasteiger partial charge is 0.493 e. The molecule has 1 aromatic rings. The Morgan fingerprint density at radius 2 is 2.00 bits per heavy atom. The summed E-state index contributed by atoms with van der Waals surface area (Å²) in [6.45, 7) is 1.79. The summed E-state index contributed by atoms with van der Waals surface area (Å²) in [7, 11) is 1.55. The van der Waals surface area contributed by atoms with Crippen molar-refractivity contribution in [1.82, 2.24) is 5.32 Å². The van der Waals surface area contributed by atoms with Crippen molar-refractivity contribution < 1.29 is 19.0 Å². The van der Waals surface area contributed by atoms with E-state index in [0.717, 1.165) is 0 Å². The molecule has 106 valence electrons. The maximum Gasteiger partial charge on any atom is 0.258 e. The minimum absolute atomic E-state index is 0.0583. The second-order valence-corrected chi connectivity index (χ2v) is 3.69. The summed E-state index contributed by atoms with van der Waals surface area (Å²) >= 11 is 0. The van der Waals surface area contributed by atoms with E-state index in [4.69, 9.17) is 19.9 Å². The molecule has 0 aliphatic heterocycles. The predicted octanol–water partition coefficient (Wildman–Crippen LogP) is 0.166. The Bertz CT molecular complexity index is 385. The normalized spacial score (nSPS) is 10.0. The zero-order valence-corrected chi connectivity index (χ0v) is 11.1. The van der Waals surface area contributed by atoms with Crippen molar-refractivity contribution in [2.45, 2.75) is 0 Å². The number of hydrogen-bond donors (Lipinski definition) is 2. The highest BCUT2D eigenvalue weighted by Gasteiger charge is 2.06. The Morgan fingerprint density at radius 1 is 1.26 bits per heavy atom. The van der Waals surface area contributed by atoms with Crippen LogP contribution in [0.3, 0.4) is 0 Å². The van der Waals surface area contributed by atoms with Gasteiger partial charge in [0.1, 0.15) is 0 Å². The summed E-state index contributed by atoms with van der Waals surface area (Å²) in [5, 5.41) is 2.68. The van der Waals surface area contributed by atoms with Crippen LogP contribution in [0.25, 0.3) is 0 Å². The summed E-state index contributed by atoms with van der Waals surface area (Å²) in [5.74, 6) is 0.934. The predicted molar refractivity (Wildman–Crippen MR) is 71.4 cm³/mol. The van der Waals surface area contributed by atoms with Gasteiger partial charge in [0.05, 0.1) is 20.3 Å². The molecule has 0 aromatic heterocycles. The van der Waals surface area contributed by atoms with Gasteiger partial charge in [-0.15, -0.1) is 0 Å². The lowest BCUT2D eigenvalue weighted by Crippen LogP contribution is -2.32. The third kappa shape index (κ3) is 6.08. The Hall–Kier alpha value is -1.79. The van der Waals surface area contributed by atoms with Crippen LogP contribution < -0.4 is 20.5 Å². The van der Waals surface area contributed by atoms with Crippen LogP contribution >= 0.6 is 0 Å². The van der Waals surface area contributed by atoms with Crippen molar-refractivity contribution in [3.63, 3.8) is 0 Å². The molecule has 0 aliphatic rings. The van der Waals surface area contributed by atoms with E-state index in [9.17, 15) is 4.79 Å². The van der Waals surface area contributed by atoms with E-state index in [1.165, 1.54) is 0 Å². The maximum absolute atomic E-state index is 11.5. The fourth-order valence-electron chi connectivity index (χ4n) is 1.38. The second kappa shape index (κ2) is 9.18. The molecular formula is C13H20N2O4. The third-order valence-corrected chi connectivity index (χ3v) is 2.26. The van der Waals surface area contributed by atoms with Crippen LogP contribution in [0.1, 0.15) is 0 Å². The Balaban J connectivity index is 2.22. The monoisotopic (exact) mass is 268 g/mol. The second-order valence-electron chi connectivity index (χ2n) is 3.69. The molecule has 19 heavy (non-hydrogen) atoms. The third-order valence-electron chi connectivity index (χ3n) is 2.26. The molecule has 1 aromatic carbocycles. The van der Waals surface area contributed by atoms with Gasteiger partial charge in [0.2, 0.25) is 0 Å². The molecule has 0 radical (unpaired) electrons. The minimum Gasteiger partial charge on any atom is -0.493 e. The highest BCUT2D eigenvalue weighted by molar-refractivity contribution is 5.77. The fraction of sp³-hybridized carbons (Fsp3) is 0.462. The first-order chi connectivity index (χ1) is 9.27. The minimum atomic E-state index is -0.206. The van der Waals surface area contributed by atoms with E-state index in [0.29, 0.717) is 37.8 Å². The van der Waals surface area contributed by atoms with Crippen molar-refractivity contribution in [1.29, 1.82) is 0 Å². The fourth-order valence-corrected chi connectivity index (χ4v) is 1.38. The lowest BCUT2D eigenvalue weighted by atomic mass is 10.3. The van der Waals surface area contributed by atoms with Crippen molar-refractivity contribution in [3.8, 4) is 11.5 Å². The Morgan fingerprint density at radius 3 is 2.68 bits per heavy atom. The van der Waals surface area contributed by atoms with Gasteiger partial charge in [-0.25, -0.2) is 0 Å². The topological polar surface area (TPSA) is 82.8 Å². The van der Waals surface area contributed by atoms with E-state index in [2.05, 4.69) is 5.32 Å². The van der Waals surface area contributed by atoms with E-state index in [1.807, 2.05) is 12.1 Å². The smallest absolute Gasteiger partial charge is 0.258 e. The van der Waals surface area contributed by atoms with Gasteiger partial charge in [0.25, 0.3) is 5.91 Å². The number of ether oxygens (including phenoxy) is 3. The molecular weight excluding hydrogens is 248 g/mol. The van der Waals surface area contributed by atoms with Crippen LogP contribution in [-0.4, -0.2) is 45.9 Å². The van der Waals surface area contributed by atoms with Gasteiger partial charge < -0.3 is 25.3 Å². The van der Waals surface area contributed by atoms with Gasteiger partial charge in [0.15, 0.2) is 18.1 Å². The standard InChI is InChI=1S/C13H20N2O4/c1-17-11-4-2-3-5-12(11)19-10-13(16)15-7-9-18-8-6-14/h2-5H,6-10,14H2,1H3,(H,15,16). The molecule has 6 heteroatoms. The first kappa shape index (κ1) is 15.3. The molecule has 0 heterocycles. The number of benzene rings is 1. The molecule has 1 amide bonds. The van der Waals surface area contributed by atoms with Crippen molar-refractivity contribution in [3.05, 3.63) is 24.3 Å². The zero-order valence-electron chi connectivity index (χ0n) is 11.1. The van der Waals surface area contributed by atoms with Crippen LogP contribution in [0, 0.1) is 0 Å². The van der Waals surface area contributed by atoms with Crippen LogP contribution in [0.15, 0.2) is 24.3 Å². The number of carbonyl (C=O) groups excluding carboxylic acids is 1. The highest BCUT2D eigenvalue weighted by atomic mass is 16.5. The van der Waals surface area contributed by atoms with Crippen molar-refractivity contribution >= 4 is 5.91 Å². The van der Waals surface area contributed by atoms with E-state index in [1.54, 1.807) is 19.2 Å². The number of nitrogens with two attached hydrogens (primary N) is 1. The number of carbonyl (C=O) groups is 1. The molecule has 0 saturated carbocycles. The van der Waals surface area contributed by atoms with E-state index >= 15 is 0 Å². The average molecular weight is 268 g/mol. The van der Waals surface area contributed by atoms with Crippen molar-refractivity contribution in [2.75, 3.05) is 40.0 Å². The molecule has 6 nitrogen and oxygen atoms in total. The van der Waals surface area contributed by atoms with Gasteiger partial charge in [-0.1, -0.05) is 12.1 Å². The number of methoxy groups -OCH3 is 1. The van der Waals surface area contributed by atoms with Crippen LogP contribution in [0.5, 0.6) is 11.5 Å². The molecule has 0 unspecified atom stereocenters. The van der Waals surface area contributed by atoms with Crippen LogP contribution in [0.2, 0.25) is 0 Å². The molecule has 1 rings (SSSR count). The van der Waals surface area contributed by atoms with Gasteiger partial charge in [0, 0.05) is 13.1 Å². The summed E-state index contributed by atoms with van der Waals surface area (Å²) in [5.41, 5.74) is 5.27.